The van der Waals surface area contributed by atoms with Crippen LogP contribution in [0.25, 0.3) is 0 Å². The molecule has 19 heteroatoms. The van der Waals surface area contributed by atoms with Crippen molar-refractivity contribution >= 4 is 0 Å². The molecule has 0 aliphatic rings. The maximum absolute atomic E-state index is 0. The SMILES string of the molecule is O.O.O.O.O.[Fe].[Fe].[Fe].[Fe].[Fe].[Fe].[Fe].[Fe].[Fe].[Fe].[Fe].[Fe].[Fe].[Fe]. The molecule has 0 atom stereocenters. The Bertz CT molecular complexity index is 15.8. The Balaban J connectivity index is 0. The normalized spacial score (nSPS) is 0. The minimum absolute atomic E-state index is 0. The summed E-state index contributed by atoms with van der Waals surface area (Å²) in [7, 11) is 0. The molecule has 0 amide bonds. The van der Waals surface area contributed by atoms with Gasteiger partial charge >= 0.3 is 0 Å². The maximum Gasteiger partial charge on any atom is 0 e. The van der Waals surface area contributed by atoms with E-state index in [1.807, 2.05) is 0 Å². The first-order valence-corrected chi connectivity index (χ1v) is 0. The number of rotatable bonds is 0. The van der Waals surface area contributed by atoms with E-state index >= 15 is 0 Å². The molecular weight excluding hydrogens is 862 g/mol. The Labute approximate surface area is 261 Å². The second-order valence-electron chi connectivity index (χ2n) is 0. The fraction of sp³-hybridized carbons (Fsp3) is 0. The monoisotopic (exact) mass is 873 g/mol. The van der Waals surface area contributed by atoms with Crippen LogP contribution in [0, 0.1) is 0 Å². The zero-order valence-electron chi connectivity index (χ0n) is 7.45. The predicted molar refractivity (Wildman–Crippen MR) is 18.1 cm³/mol. The fourth-order valence-corrected chi connectivity index (χ4v) is 0. The zero-order valence-corrected chi connectivity index (χ0v) is 22.9. The fourth-order valence-electron chi connectivity index (χ4n) is 0. The van der Waals surface area contributed by atoms with Crippen LogP contribution in [0.1, 0.15) is 0 Å². The van der Waals surface area contributed by atoms with Crippen LogP contribution in [0.2, 0.25) is 0 Å². The molecule has 0 saturated carbocycles. The van der Waals surface area contributed by atoms with E-state index in [-0.39, 0.29) is 266 Å². The van der Waals surface area contributed by atoms with Crippen LogP contribution in [0.5, 0.6) is 0 Å². The van der Waals surface area contributed by atoms with Crippen molar-refractivity contribution in [3.05, 3.63) is 0 Å². The number of hydrogen-bond acceptors (Lipinski definition) is 0. The molecule has 0 aromatic carbocycles. The molecule has 0 radical (unpaired) electrons. The second kappa shape index (κ2) is 290. The zero-order chi connectivity index (χ0) is 0. The van der Waals surface area contributed by atoms with Crippen molar-refractivity contribution in [1.29, 1.82) is 0 Å². The maximum atomic E-state index is 0. The molecule has 0 spiro atoms. The minimum atomic E-state index is 0. The third-order valence-electron chi connectivity index (χ3n) is 0. The Morgan fingerprint density at radius 1 is 0.105 bits per heavy atom. The van der Waals surface area contributed by atoms with Crippen molar-refractivity contribution < 1.29 is 266 Å². The third kappa shape index (κ3) is 267. The van der Waals surface area contributed by atoms with Crippen LogP contribution in [-0.4, -0.2) is 27.4 Å². The topological polar surface area (TPSA) is 158 Å². The van der Waals surface area contributed by atoms with E-state index in [1.54, 1.807) is 0 Å². The molecule has 19 heavy (non-hydrogen) atoms. The minimum Gasteiger partial charge on any atom is -0.412 e. The van der Waals surface area contributed by atoms with E-state index in [1.165, 1.54) is 0 Å². The molecule has 0 aromatic heterocycles. The van der Waals surface area contributed by atoms with Crippen LogP contribution >= 0.6 is 0 Å². The Morgan fingerprint density at radius 3 is 0.105 bits per heavy atom. The van der Waals surface area contributed by atoms with Gasteiger partial charge in [-0.05, 0) is 0 Å². The van der Waals surface area contributed by atoms with E-state index in [2.05, 4.69) is 0 Å². The first-order valence-electron chi connectivity index (χ1n) is 0. The van der Waals surface area contributed by atoms with Gasteiger partial charge in [0.05, 0.1) is 0 Å². The number of hydrogen-bond donors (Lipinski definition) is 0. The molecule has 0 bridgehead atoms. The summed E-state index contributed by atoms with van der Waals surface area (Å²) >= 11 is 0. The average Bonchev–Trinajstić information content (AvgIpc) is 0. The largest absolute Gasteiger partial charge is 0.412 e. The van der Waals surface area contributed by atoms with Gasteiger partial charge in [0.25, 0.3) is 0 Å². The molecule has 10 N–H and O–H groups in total. The van der Waals surface area contributed by atoms with Crippen LogP contribution in [-0.2, 0) is 239 Å². The van der Waals surface area contributed by atoms with Gasteiger partial charge in [0.1, 0.15) is 0 Å². The summed E-state index contributed by atoms with van der Waals surface area (Å²) in [6.45, 7) is 0. The average molecular weight is 872 g/mol. The van der Waals surface area contributed by atoms with E-state index in [4.69, 9.17) is 0 Å². The van der Waals surface area contributed by atoms with Crippen molar-refractivity contribution in [2.24, 2.45) is 0 Å². The van der Waals surface area contributed by atoms with Crippen molar-refractivity contribution in [2.75, 3.05) is 0 Å². The summed E-state index contributed by atoms with van der Waals surface area (Å²) < 4.78 is 0. The quantitative estimate of drug-likeness (QED) is 0.217. The van der Waals surface area contributed by atoms with Crippen LogP contribution in [0.15, 0.2) is 0 Å². The van der Waals surface area contributed by atoms with E-state index in [9.17, 15) is 0 Å². The summed E-state index contributed by atoms with van der Waals surface area (Å²) in [4.78, 5) is 0. The van der Waals surface area contributed by atoms with Gasteiger partial charge < -0.3 is 27.4 Å². The van der Waals surface area contributed by atoms with Gasteiger partial charge in [0.2, 0.25) is 0 Å². The molecule has 0 unspecified atom stereocenters. The summed E-state index contributed by atoms with van der Waals surface area (Å²) in [5, 5.41) is 0. The van der Waals surface area contributed by atoms with E-state index in [0.717, 1.165) is 0 Å². The summed E-state index contributed by atoms with van der Waals surface area (Å²) in [6.07, 6.45) is 0. The Kier molecular flexibility index (Phi) is 5010. The van der Waals surface area contributed by atoms with Crippen molar-refractivity contribution in [3.8, 4) is 0 Å². The summed E-state index contributed by atoms with van der Waals surface area (Å²) in [5.41, 5.74) is 0. The molecule has 0 aromatic rings. The molecular formula is H10Fe14O5. The molecule has 0 heterocycles. The van der Waals surface area contributed by atoms with E-state index < -0.39 is 0 Å². The summed E-state index contributed by atoms with van der Waals surface area (Å²) in [6, 6.07) is 0. The van der Waals surface area contributed by atoms with E-state index in [0.29, 0.717) is 0 Å². The van der Waals surface area contributed by atoms with Crippen molar-refractivity contribution in [2.45, 2.75) is 0 Å². The molecule has 0 aliphatic carbocycles. The van der Waals surface area contributed by atoms with Gasteiger partial charge in [-0.3, -0.25) is 0 Å². The molecule has 5 nitrogen and oxygen atoms in total. The molecule has 152 valence electrons. The smallest absolute Gasteiger partial charge is 0 e. The molecule has 0 fully saturated rings. The standard InChI is InChI=1S/14Fe.5H2O/h;;;;;;;;;;;;;;5*1H2. The van der Waals surface area contributed by atoms with Gasteiger partial charge in [-0.15, -0.1) is 0 Å². The first kappa shape index (κ1) is 328. The van der Waals surface area contributed by atoms with Gasteiger partial charge in [0, 0.05) is 239 Å². The third-order valence-corrected chi connectivity index (χ3v) is 0. The van der Waals surface area contributed by atoms with Crippen LogP contribution in [0.4, 0.5) is 0 Å². The Morgan fingerprint density at radius 2 is 0.105 bits per heavy atom. The second-order valence-corrected chi connectivity index (χ2v) is 0. The Hall–Kier alpha value is 7.07. The van der Waals surface area contributed by atoms with Gasteiger partial charge in [-0.1, -0.05) is 0 Å². The predicted octanol–water partition coefficient (Wildman–Crippen LogP) is -4.16. The van der Waals surface area contributed by atoms with Crippen molar-refractivity contribution in [3.63, 3.8) is 0 Å². The molecule has 0 aliphatic heterocycles. The molecule has 0 rings (SSSR count). The van der Waals surface area contributed by atoms with Crippen molar-refractivity contribution in [1.82, 2.24) is 0 Å². The van der Waals surface area contributed by atoms with Gasteiger partial charge in [-0.25, -0.2) is 0 Å². The van der Waals surface area contributed by atoms with Crippen LogP contribution < -0.4 is 0 Å². The van der Waals surface area contributed by atoms with Crippen LogP contribution in [0.3, 0.4) is 0 Å². The first-order chi connectivity index (χ1) is 0. The van der Waals surface area contributed by atoms with Gasteiger partial charge in [-0.2, -0.15) is 0 Å². The molecule has 0 saturated heterocycles. The summed E-state index contributed by atoms with van der Waals surface area (Å²) in [5.74, 6) is 0. The van der Waals surface area contributed by atoms with Gasteiger partial charge in [0.15, 0.2) is 0 Å².